The Balaban J connectivity index is 2.16. The van der Waals surface area contributed by atoms with Crippen molar-refractivity contribution >= 4 is 17.5 Å². The predicted octanol–water partition coefficient (Wildman–Crippen LogP) is 3.22. The van der Waals surface area contributed by atoms with Gasteiger partial charge in [0.25, 0.3) is 5.91 Å². The molecule has 0 aromatic heterocycles. The van der Waals surface area contributed by atoms with E-state index in [0.717, 1.165) is 12.0 Å². The Hall–Kier alpha value is -1.09. The van der Waals surface area contributed by atoms with E-state index in [9.17, 15) is 9.18 Å². The summed E-state index contributed by atoms with van der Waals surface area (Å²) >= 11 is 6.14. The van der Waals surface area contributed by atoms with Crippen LogP contribution in [-0.2, 0) is 0 Å². The number of hydrogen-bond donors (Lipinski definition) is 0. The quantitative estimate of drug-likeness (QED) is 0.717. The van der Waals surface area contributed by atoms with Gasteiger partial charge in [-0.15, -0.1) is 11.6 Å². The van der Waals surface area contributed by atoms with E-state index in [1.165, 1.54) is 12.1 Å². The van der Waals surface area contributed by atoms with Crippen LogP contribution in [0.15, 0.2) is 18.2 Å². The first kappa shape index (κ1) is 13.3. The first-order chi connectivity index (χ1) is 8.47. The van der Waals surface area contributed by atoms with Gasteiger partial charge in [0.15, 0.2) is 0 Å². The second kappa shape index (κ2) is 5.27. The molecule has 1 aromatic rings. The summed E-state index contributed by atoms with van der Waals surface area (Å²) in [5.41, 5.74) is 1.19. The molecule has 98 valence electrons. The SMILES string of the molecule is Cc1cc(F)cc(C(=O)N2CCC(Cl)C(C)C2)c1. The highest BCUT2D eigenvalue weighted by Gasteiger charge is 2.27. The highest BCUT2D eigenvalue weighted by Crippen LogP contribution is 2.23. The monoisotopic (exact) mass is 269 g/mol. The van der Waals surface area contributed by atoms with Crippen LogP contribution >= 0.6 is 11.6 Å². The number of piperidine rings is 1. The molecule has 2 rings (SSSR count). The third-order valence-electron chi connectivity index (χ3n) is 3.38. The molecule has 0 saturated carbocycles. The maximum atomic E-state index is 13.3. The Bertz CT molecular complexity index is 443. The van der Waals surface area contributed by atoms with E-state index < -0.39 is 0 Å². The lowest BCUT2D eigenvalue weighted by molar-refractivity contribution is 0.0686. The average Bonchev–Trinajstić information content (AvgIpc) is 2.30. The highest BCUT2D eigenvalue weighted by molar-refractivity contribution is 6.20. The Morgan fingerprint density at radius 2 is 2.17 bits per heavy atom. The van der Waals surface area contributed by atoms with Crippen LogP contribution in [0.2, 0.25) is 0 Å². The van der Waals surface area contributed by atoms with Gasteiger partial charge in [0.2, 0.25) is 0 Å². The molecule has 1 aromatic carbocycles. The zero-order valence-electron chi connectivity index (χ0n) is 10.6. The molecular formula is C14H17ClFNO. The fourth-order valence-electron chi connectivity index (χ4n) is 2.34. The van der Waals surface area contributed by atoms with Crippen molar-refractivity contribution < 1.29 is 9.18 Å². The average molecular weight is 270 g/mol. The van der Waals surface area contributed by atoms with Gasteiger partial charge in [0, 0.05) is 24.0 Å². The van der Waals surface area contributed by atoms with E-state index in [-0.39, 0.29) is 23.0 Å². The van der Waals surface area contributed by atoms with Gasteiger partial charge < -0.3 is 4.90 Å². The summed E-state index contributed by atoms with van der Waals surface area (Å²) in [6.07, 6.45) is 0.794. The Morgan fingerprint density at radius 3 is 2.78 bits per heavy atom. The van der Waals surface area contributed by atoms with E-state index >= 15 is 0 Å². The smallest absolute Gasteiger partial charge is 0.253 e. The molecule has 1 saturated heterocycles. The Kier molecular flexibility index (Phi) is 3.91. The van der Waals surface area contributed by atoms with Gasteiger partial charge in [0.1, 0.15) is 5.82 Å². The number of amides is 1. The normalized spacial score (nSPS) is 24.1. The molecule has 0 spiro atoms. The third-order valence-corrected chi connectivity index (χ3v) is 4.03. The van der Waals surface area contributed by atoms with Gasteiger partial charge in [-0.3, -0.25) is 4.79 Å². The van der Waals surface area contributed by atoms with Gasteiger partial charge in [-0.05, 0) is 43.0 Å². The second-order valence-electron chi connectivity index (χ2n) is 5.05. The van der Waals surface area contributed by atoms with Crippen LogP contribution in [0.5, 0.6) is 0 Å². The van der Waals surface area contributed by atoms with Crippen LogP contribution in [0.1, 0.15) is 29.3 Å². The number of nitrogens with zero attached hydrogens (tertiary/aromatic N) is 1. The molecule has 1 aliphatic heterocycles. The highest BCUT2D eigenvalue weighted by atomic mass is 35.5. The molecule has 1 aliphatic rings. The van der Waals surface area contributed by atoms with E-state index in [0.29, 0.717) is 18.7 Å². The molecule has 1 amide bonds. The predicted molar refractivity (Wildman–Crippen MR) is 70.5 cm³/mol. The minimum absolute atomic E-state index is 0.104. The number of likely N-dealkylation sites (tertiary alicyclic amines) is 1. The van der Waals surface area contributed by atoms with Crippen molar-refractivity contribution in [3.63, 3.8) is 0 Å². The van der Waals surface area contributed by atoms with E-state index in [1.807, 2.05) is 6.92 Å². The first-order valence-corrected chi connectivity index (χ1v) is 6.61. The van der Waals surface area contributed by atoms with Crippen LogP contribution in [0.25, 0.3) is 0 Å². The zero-order valence-corrected chi connectivity index (χ0v) is 11.4. The minimum atomic E-state index is -0.362. The second-order valence-corrected chi connectivity index (χ2v) is 5.61. The van der Waals surface area contributed by atoms with Crippen molar-refractivity contribution in [3.8, 4) is 0 Å². The lowest BCUT2D eigenvalue weighted by Crippen LogP contribution is -2.43. The summed E-state index contributed by atoms with van der Waals surface area (Å²) in [7, 11) is 0. The molecule has 2 unspecified atom stereocenters. The third kappa shape index (κ3) is 2.83. The van der Waals surface area contributed by atoms with Crippen molar-refractivity contribution in [3.05, 3.63) is 35.1 Å². The molecule has 1 heterocycles. The lowest BCUT2D eigenvalue weighted by Gasteiger charge is -2.34. The fraction of sp³-hybridized carbons (Fsp3) is 0.500. The van der Waals surface area contributed by atoms with Gasteiger partial charge >= 0.3 is 0 Å². The number of aryl methyl sites for hydroxylation is 1. The first-order valence-electron chi connectivity index (χ1n) is 6.18. The van der Waals surface area contributed by atoms with Crippen LogP contribution in [0, 0.1) is 18.7 Å². The Labute approximate surface area is 112 Å². The topological polar surface area (TPSA) is 20.3 Å². The summed E-state index contributed by atoms with van der Waals surface area (Å²) in [4.78, 5) is 14.0. The van der Waals surface area contributed by atoms with Gasteiger partial charge in [-0.1, -0.05) is 6.92 Å². The number of hydrogen-bond acceptors (Lipinski definition) is 1. The maximum absolute atomic E-state index is 13.3. The van der Waals surface area contributed by atoms with Crippen LogP contribution in [-0.4, -0.2) is 29.3 Å². The standard InChI is InChI=1S/C14H17ClFNO/c1-9-5-11(7-12(16)6-9)14(18)17-4-3-13(15)10(2)8-17/h5-7,10,13H,3-4,8H2,1-2H3. The molecule has 4 heteroatoms. The zero-order chi connectivity index (χ0) is 13.3. The van der Waals surface area contributed by atoms with Gasteiger partial charge in [-0.25, -0.2) is 4.39 Å². The summed E-state index contributed by atoms with van der Waals surface area (Å²) < 4.78 is 13.3. The largest absolute Gasteiger partial charge is 0.338 e. The molecular weight excluding hydrogens is 253 g/mol. The van der Waals surface area contributed by atoms with Crippen molar-refractivity contribution in [2.45, 2.75) is 25.6 Å². The maximum Gasteiger partial charge on any atom is 0.253 e. The van der Waals surface area contributed by atoms with Crippen LogP contribution < -0.4 is 0 Å². The van der Waals surface area contributed by atoms with E-state index in [1.54, 1.807) is 17.9 Å². The number of halogens is 2. The molecule has 0 N–H and O–H groups in total. The molecule has 18 heavy (non-hydrogen) atoms. The lowest BCUT2D eigenvalue weighted by atomic mass is 9.98. The van der Waals surface area contributed by atoms with E-state index in [2.05, 4.69) is 0 Å². The molecule has 0 radical (unpaired) electrons. The number of carbonyl (C=O) groups excluding carboxylic acids is 1. The number of rotatable bonds is 1. The summed E-state index contributed by atoms with van der Waals surface area (Å²) in [6, 6.07) is 4.44. The summed E-state index contributed by atoms with van der Waals surface area (Å²) in [5.74, 6) is -0.189. The van der Waals surface area contributed by atoms with E-state index in [4.69, 9.17) is 11.6 Å². The number of carbonyl (C=O) groups is 1. The molecule has 0 bridgehead atoms. The molecule has 2 atom stereocenters. The van der Waals surface area contributed by atoms with Gasteiger partial charge in [-0.2, -0.15) is 0 Å². The van der Waals surface area contributed by atoms with Crippen LogP contribution in [0.3, 0.4) is 0 Å². The van der Waals surface area contributed by atoms with Crippen molar-refractivity contribution in [1.29, 1.82) is 0 Å². The summed E-state index contributed by atoms with van der Waals surface area (Å²) in [6.45, 7) is 5.11. The number of benzene rings is 1. The Morgan fingerprint density at radius 1 is 1.44 bits per heavy atom. The van der Waals surface area contributed by atoms with Crippen LogP contribution in [0.4, 0.5) is 4.39 Å². The fourth-order valence-corrected chi connectivity index (χ4v) is 2.52. The van der Waals surface area contributed by atoms with Crippen molar-refractivity contribution in [2.24, 2.45) is 5.92 Å². The molecule has 2 nitrogen and oxygen atoms in total. The number of alkyl halides is 1. The van der Waals surface area contributed by atoms with Crippen molar-refractivity contribution in [1.82, 2.24) is 4.90 Å². The minimum Gasteiger partial charge on any atom is -0.338 e. The van der Waals surface area contributed by atoms with Crippen molar-refractivity contribution in [2.75, 3.05) is 13.1 Å². The molecule has 1 fully saturated rings. The molecule has 0 aliphatic carbocycles. The summed E-state index contributed by atoms with van der Waals surface area (Å²) in [5, 5.41) is 0.128. The van der Waals surface area contributed by atoms with Gasteiger partial charge in [0.05, 0.1) is 0 Å².